The zero-order valence-electron chi connectivity index (χ0n) is 18.5. The zero-order valence-corrected chi connectivity index (χ0v) is 19.3. The van der Waals surface area contributed by atoms with Crippen LogP contribution < -0.4 is 10.9 Å². The highest BCUT2D eigenvalue weighted by Gasteiger charge is 2.27. The number of carbonyl (C=O) groups excluding carboxylic acids is 1. The minimum atomic E-state index is -3.91. The molecule has 11 heteroatoms. The Bertz CT molecular complexity index is 1550. The molecule has 1 fully saturated rings. The van der Waals surface area contributed by atoms with Crippen LogP contribution in [0, 0.1) is 0 Å². The number of nitrogens with zero attached hydrogens (tertiary/aromatic N) is 4. The fourth-order valence-corrected chi connectivity index (χ4v) is 5.73. The second kappa shape index (κ2) is 8.65. The molecular weight excluding hydrogens is 458 g/mol. The summed E-state index contributed by atoms with van der Waals surface area (Å²) in [6, 6.07) is 9.50. The third-order valence-corrected chi connectivity index (χ3v) is 7.65. The number of hydrogen-bond acceptors (Lipinski definition) is 8. The lowest BCUT2D eigenvalue weighted by molar-refractivity contribution is 0.0516. The SMILES string of the molecule is CCOC(=O)c1nc2cnc3c(ccn3S(=O)(=O)c3ccccc3)c2n(C2CCNCC2)c1=O. The predicted octanol–water partition coefficient (Wildman–Crippen LogP) is 2.08. The van der Waals surface area contributed by atoms with Gasteiger partial charge in [-0.2, -0.15) is 0 Å². The van der Waals surface area contributed by atoms with E-state index in [0.29, 0.717) is 42.4 Å². The van der Waals surface area contributed by atoms with E-state index in [1.54, 1.807) is 35.8 Å². The molecule has 1 aliphatic heterocycles. The molecule has 34 heavy (non-hydrogen) atoms. The monoisotopic (exact) mass is 481 g/mol. The number of hydrogen-bond donors (Lipinski definition) is 1. The fourth-order valence-electron chi connectivity index (χ4n) is 4.40. The molecule has 1 aliphatic rings. The van der Waals surface area contributed by atoms with Crippen molar-refractivity contribution >= 4 is 38.1 Å². The van der Waals surface area contributed by atoms with Crippen molar-refractivity contribution in [1.29, 1.82) is 0 Å². The van der Waals surface area contributed by atoms with Gasteiger partial charge in [-0.05, 0) is 51.1 Å². The topological polar surface area (TPSA) is 125 Å². The molecule has 0 amide bonds. The molecule has 10 nitrogen and oxygen atoms in total. The summed E-state index contributed by atoms with van der Waals surface area (Å²) in [4.78, 5) is 34.8. The lowest BCUT2D eigenvalue weighted by atomic mass is 10.1. The summed E-state index contributed by atoms with van der Waals surface area (Å²) in [5, 5.41) is 3.74. The third-order valence-electron chi connectivity index (χ3n) is 5.97. The number of rotatable bonds is 5. The van der Waals surface area contributed by atoms with Crippen molar-refractivity contribution in [1.82, 2.24) is 23.8 Å². The van der Waals surface area contributed by atoms with Gasteiger partial charge in [0.1, 0.15) is 5.52 Å². The van der Waals surface area contributed by atoms with Gasteiger partial charge in [-0.3, -0.25) is 4.79 Å². The van der Waals surface area contributed by atoms with E-state index in [0.717, 1.165) is 3.97 Å². The van der Waals surface area contributed by atoms with Gasteiger partial charge in [0, 0.05) is 17.6 Å². The Morgan fingerprint density at radius 1 is 1.18 bits per heavy atom. The standard InChI is InChI=1S/C23H23N5O5S/c1-2-33-23(30)19-22(29)28(15-8-11-24-12-9-15)20-17-10-13-27(21(17)25-14-18(20)26-19)34(31,32)16-6-4-3-5-7-16/h3-7,10,13-15,24H,2,8-9,11-12H2,1H3. The molecule has 0 spiro atoms. The van der Waals surface area contributed by atoms with E-state index in [1.807, 2.05) is 0 Å². The van der Waals surface area contributed by atoms with Crippen LogP contribution >= 0.6 is 0 Å². The number of benzene rings is 1. The molecule has 4 aromatic rings. The van der Waals surface area contributed by atoms with E-state index >= 15 is 0 Å². The summed E-state index contributed by atoms with van der Waals surface area (Å²) >= 11 is 0. The highest BCUT2D eigenvalue weighted by molar-refractivity contribution is 7.90. The van der Waals surface area contributed by atoms with Gasteiger partial charge in [0.05, 0.1) is 23.2 Å². The molecule has 3 aromatic heterocycles. The molecule has 1 saturated heterocycles. The fraction of sp³-hybridized carbons (Fsp3) is 0.304. The first-order chi connectivity index (χ1) is 16.4. The molecule has 0 aliphatic carbocycles. The Labute approximate surface area is 195 Å². The molecule has 4 heterocycles. The molecule has 1 N–H and O–H groups in total. The van der Waals surface area contributed by atoms with Crippen LogP contribution in [0.25, 0.3) is 22.1 Å². The number of esters is 1. The second-order valence-electron chi connectivity index (χ2n) is 8.00. The lowest BCUT2D eigenvalue weighted by Gasteiger charge is -2.26. The molecule has 1 aromatic carbocycles. The Hall–Kier alpha value is -3.57. The maximum atomic E-state index is 13.5. The van der Waals surface area contributed by atoms with Crippen LogP contribution in [0.2, 0.25) is 0 Å². The number of carbonyl (C=O) groups is 1. The zero-order chi connectivity index (χ0) is 23.9. The molecule has 176 valence electrons. The molecule has 0 unspecified atom stereocenters. The average Bonchev–Trinajstić information content (AvgIpc) is 3.30. The van der Waals surface area contributed by atoms with Gasteiger partial charge < -0.3 is 14.6 Å². The third kappa shape index (κ3) is 3.57. The number of aromatic nitrogens is 4. The van der Waals surface area contributed by atoms with Crippen LogP contribution in [0.4, 0.5) is 0 Å². The van der Waals surface area contributed by atoms with Crippen LogP contribution in [0.1, 0.15) is 36.3 Å². The number of ether oxygens (including phenoxy) is 1. The molecule has 0 atom stereocenters. The van der Waals surface area contributed by atoms with Gasteiger partial charge >= 0.3 is 5.97 Å². The highest BCUT2D eigenvalue weighted by atomic mass is 32.2. The molecular formula is C23H23N5O5S. The largest absolute Gasteiger partial charge is 0.461 e. The van der Waals surface area contributed by atoms with E-state index < -0.39 is 21.6 Å². The van der Waals surface area contributed by atoms with Gasteiger partial charge in [0.25, 0.3) is 15.6 Å². The molecule has 5 rings (SSSR count). The van der Waals surface area contributed by atoms with E-state index in [2.05, 4.69) is 15.3 Å². The maximum absolute atomic E-state index is 13.5. The Morgan fingerprint density at radius 3 is 2.62 bits per heavy atom. The van der Waals surface area contributed by atoms with Crippen LogP contribution in [0.3, 0.4) is 0 Å². The van der Waals surface area contributed by atoms with Gasteiger partial charge in [-0.15, -0.1) is 0 Å². The van der Waals surface area contributed by atoms with Crippen molar-refractivity contribution in [3.8, 4) is 0 Å². The van der Waals surface area contributed by atoms with E-state index in [-0.39, 0.29) is 28.9 Å². The number of fused-ring (bicyclic) bond motifs is 3. The Kier molecular flexibility index (Phi) is 5.66. The normalized spacial score (nSPS) is 15.1. The maximum Gasteiger partial charge on any atom is 0.362 e. The minimum absolute atomic E-state index is 0.114. The van der Waals surface area contributed by atoms with Gasteiger partial charge in [0.15, 0.2) is 5.65 Å². The van der Waals surface area contributed by atoms with Crippen molar-refractivity contribution in [2.45, 2.75) is 30.7 Å². The van der Waals surface area contributed by atoms with Crippen LogP contribution in [0.15, 0.2) is 58.5 Å². The number of piperidine rings is 1. The summed E-state index contributed by atoms with van der Waals surface area (Å²) in [7, 11) is -3.91. The van der Waals surface area contributed by atoms with Gasteiger partial charge in [-0.25, -0.2) is 27.2 Å². The highest BCUT2D eigenvalue weighted by Crippen LogP contribution is 2.29. The molecule has 0 saturated carbocycles. The summed E-state index contributed by atoms with van der Waals surface area (Å²) in [5.74, 6) is -0.790. The average molecular weight is 482 g/mol. The van der Waals surface area contributed by atoms with Crippen molar-refractivity contribution in [3.05, 3.63) is 64.8 Å². The quantitative estimate of drug-likeness (QED) is 0.430. The first kappa shape index (κ1) is 22.2. The van der Waals surface area contributed by atoms with E-state index in [9.17, 15) is 18.0 Å². The summed E-state index contributed by atoms with van der Waals surface area (Å²) in [6.45, 7) is 3.20. The van der Waals surface area contributed by atoms with Crippen molar-refractivity contribution in [3.63, 3.8) is 0 Å². The van der Waals surface area contributed by atoms with Crippen molar-refractivity contribution in [2.75, 3.05) is 19.7 Å². The van der Waals surface area contributed by atoms with Crippen LogP contribution in [-0.2, 0) is 14.8 Å². The Balaban J connectivity index is 1.80. The summed E-state index contributed by atoms with van der Waals surface area (Å²) in [6.07, 6.45) is 4.17. The lowest BCUT2D eigenvalue weighted by Crippen LogP contribution is -2.37. The number of pyridine rings is 1. The van der Waals surface area contributed by atoms with Crippen LogP contribution in [0.5, 0.6) is 0 Å². The first-order valence-corrected chi connectivity index (χ1v) is 12.5. The first-order valence-electron chi connectivity index (χ1n) is 11.0. The Morgan fingerprint density at radius 2 is 1.91 bits per heavy atom. The van der Waals surface area contributed by atoms with E-state index in [1.165, 1.54) is 24.5 Å². The van der Waals surface area contributed by atoms with Crippen LogP contribution in [-0.4, -0.2) is 52.6 Å². The van der Waals surface area contributed by atoms with Gasteiger partial charge in [0.2, 0.25) is 5.69 Å². The van der Waals surface area contributed by atoms with Crippen molar-refractivity contribution in [2.24, 2.45) is 0 Å². The molecule has 0 bridgehead atoms. The minimum Gasteiger partial charge on any atom is -0.461 e. The summed E-state index contributed by atoms with van der Waals surface area (Å²) in [5.41, 5.74) is 0.110. The summed E-state index contributed by atoms with van der Waals surface area (Å²) < 4.78 is 34.3. The van der Waals surface area contributed by atoms with E-state index in [4.69, 9.17) is 4.74 Å². The smallest absolute Gasteiger partial charge is 0.362 e. The second-order valence-corrected chi connectivity index (χ2v) is 9.81. The van der Waals surface area contributed by atoms with Gasteiger partial charge in [-0.1, -0.05) is 18.2 Å². The van der Waals surface area contributed by atoms with Crippen molar-refractivity contribution < 1.29 is 17.9 Å². The number of nitrogens with one attached hydrogen (secondary N) is 1. The molecule has 0 radical (unpaired) electrons. The predicted molar refractivity (Wildman–Crippen MR) is 125 cm³/mol.